The zero-order valence-electron chi connectivity index (χ0n) is 8.13. The molecule has 0 saturated heterocycles. The predicted octanol–water partition coefficient (Wildman–Crippen LogP) is 3.49. The molecule has 1 rings (SSSR count). The molecule has 1 nitrogen and oxygen atoms in total. The molecule has 0 fully saturated rings. The molecular formula is C12H18N. The SMILES string of the molecule is [CH2]CCCCCNc1ccccc1. The van der Waals surface area contributed by atoms with Gasteiger partial charge in [-0.2, -0.15) is 0 Å². The minimum Gasteiger partial charge on any atom is -0.385 e. The van der Waals surface area contributed by atoms with Gasteiger partial charge in [-0.15, -0.1) is 0 Å². The Morgan fingerprint density at radius 1 is 1.00 bits per heavy atom. The van der Waals surface area contributed by atoms with Gasteiger partial charge in [-0.3, -0.25) is 0 Å². The summed E-state index contributed by atoms with van der Waals surface area (Å²) in [5.41, 5.74) is 1.22. The van der Waals surface area contributed by atoms with Crippen molar-refractivity contribution in [3.8, 4) is 0 Å². The van der Waals surface area contributed by atoms with E-state index in [1.54, 1.807) is 0 Å². The summed E-state index contributed by atoms with van der Waals surface area (Å²) in [6, 6.07) is 10.3. The van der Waals surface area contributed by atoms with Gasteiger partial charge in [0.2, 0.25) is 0 Å². The molecule has 0 unspecified atom stereocenters. The Hall–Kier alpha value is -0.980. The molecule has 1 N–H and O–H groups in total. The fourth-order valence-corrected chi connectivity index (χ4v) is 1.27. The molecule has 1 aromatic carbocycles. The van der Waals surface area contributed by atoms with Gasteiger partial charge < -0.3 is 5.32 Å². The number of unbranched alkanes of at least 4 members (excludes halogenated alkanes) is 3. The Kier molecular flexibility index (Phi) is 5.07. The first-order chi connectivity index (χ1) is 6.43. The average molecular weight is 176 g/mol. The zero-order valence-corrected chi connectivity index (χ0v) is 8.13. The van der Waals surface area contributed by atoms with E-state index in [1.807, 2.05) is 6.07 Å². The number of anilines is 1. The van der Waals surface area contributed by atoms with E-state index < -0.39 is 0 Å². The summed E-state index contributed by atoms with van der Waals surface area (Å²) in [5.74, 6) is 0. The molecule has 13 heavy (non-hydrogen) atoms. The van der Waals surface area contributed by atoms with E-state index in [1.165, 1.54) is 24.9 Å². The lowest BCUT2D eigenvalue weighted by Crippen LogP contribution is -2.00. The number of nitrogens with one attached hydrogen (secondary N) is 1. The van der Waals surface area contributed by atoms with E-state index in [2.05, 4.69) is 36.5 Å². The molecule has 1 heteroatoms. The number of rotatable bonds is 6. The van der Waals surface area contributed by atoms with E-state index >= 15 is 0 Å². The van der Waals surface area contributed by atoms with Gasteiger partial charge in [-0.25, -0.2) is 0 Å². The van der Waals surface area contributed by atoms with Crippen LogP contribution < -0.4 is 5.32 Å². The molecule has 0 spiro atoms. The lowest BCUT2D eigenvalue weighted by atomic mass is 10.2. The third-order valence-corrected chi connectivity index (χ3v) is 2.03. The molecule has 0 atom stereocenters. The maximum Gasteiger partial charge on any atom is 0.0340 e. The number of para-hydroxylation sites is 1. The van der Waals surface area contributed by atoms with Crippen LogP contribution in [0.25, 0.3) is 0 Å². The van der Waals surface area contributed by atoms with Gasteiger partial charge in [-0.05, 0) is 18.6 Å². The van der Waals surface area contributed by atoms with Crippen LogP contribution in [0.4, 0.5) is 5.69 Å². The summed E-state index contributed by atoms with van der Waals surface area (Å²) >= 11 is 0. The molecule has 0 aromatic heterocycles. The second-order valence-electron chi connectivity index (χ2n) is 3.21. The van der Waals surface area contributed by atoms with Gasteiger partial charge in [0.15, 0.2) is 0 Å². The Labute approximate surface area is 81.2 Å². The molecule has 0 aliphatic heterocycles. The molecule has 0 aliphatic rings. The molecular weight excluding hydrogens is 158 g/mol. The molecule has 0 saturated carbocycles. The van der Waals surface area contributed by atoms with E-state index in [0.717, 1.165) is 13.0 Å². The number of benzene rings is 1. The highest BCUT2D eigenvalue weighted by atomic mass is 14.9. The highest BCUT2D eigenvalue weighted by Crippen LogP contribution is 2.05. The summed E-state index contributed by atoms with van der Waals surface area (Å²) < 4.78 is 0. The molecule has 0 aliphatic carbocycles. The summed E-state index contributed by atoms with van der Waals surface area (Å²) in [6.45, 7) is 4.89. The molecule has 0 bridgehead atoms. The summed E-state index contributed by atoms with van der Waals surface area (Å²) in [4.78, 5) is 0. The van der Waals surface area contributed by atoms with E-state index in [4.69, 9.17) is 0 Å². The van der Waals surface area contributed by atoms with Gasteiger partial charge in [0.05, 0.1) is 0 Å². The Balaban J connectivity index is 2.07. The van der Waals surface area contributed by atoms with Gasteiger partial charge in [0, 0.05) is 12.2 Å². The monoisotopic (exact) mass is 176 g/mol. The van der Waals surface area contributed by atoms with Gasteiger partial charge >= 0.3 is 0 Å². The Morgan fingerprint density at radius 2 is 1.77 bits per heavy atom. The summed E-state index contributed by atoms with van der Waals surface area (Å²) in [7, 11) is 0. The first-order valence-corrected chi connectivity index (χ1v) is 5.01. The molecule has 1 aromatic rings. The summed E-state index contributed by atoms with van der Waals surface area (Å²) in [6.07, 6.45) is 4.83. The second-order valence-corrected chi connectivity index (χ2v) is 3.21. The molecule has 0 amide bonds. The second kappa shape index (κ2) is 6.53. The number of hydrogen-bond acceptors (Lipinski definition) is 1. The van der Waals surface area contributed by atoms with Crippen molar-refractivity contribution < 1.29 is 0 Å². The topological polar surface area (TPSA) is 12.0 Å². The van der Waals surface area contributed by atoms with Crippen LogP contribution in [0.1, 0.15) is 25.7 Å². The average Bonchev–Trinajstić information content (AvgIpc) is 2.19. The largest absolute Gasteiger partial charge is 0.385 e. The van der Waals surface area contributed by atoms with Crippen molar-refractivity contribution in [2.45, 2.75) is 25.7 Å². The fourth-order valence-electron chi connectivity index (χ4n) is 1.27. The van der Waals surface area contributed by atoms with Crippen LogP contribution >= 0.6 is 0 Å². The van der Waals surface area contributed by atoms with Crippen LogP contribution in [0.2, 0.25) is 0 Å². The van der Waals surface area contributed by atoms with Crippen molar-refractivity contribution in [2.75, 3.05) is 11.9 Å². The third kappa shape index (κ3) is 4.56. The summed E-state index contributed by atoms with van der Waals surface area (Å²) in [5, 5.41) is 3.38. The first kappa shape index (κ1) is 10.1. The van der Waals surface area contributed by atoms with Crippen molar-refractivity contribution >= 4 is 5.69 Å². The van der Waals surface area contributed by atoms with Crippen LogP contribution in [0.15, 0.2) is 30.3 Å². The minimum atomic E-state index is 1.06. The lowest BCUT2D eigenvalue weighted by molar-refractivity contribution is 0.707. The fraction of sp³-hybridized carbons (Fsp3) is 0.417. The number of hydrogen-bond donors (Lipinski definition) is 1. The highest BCUT2D eigenvalue weighted by molar-refractivity contribution is 5.42. The van der Waals surface area contributed by atoms with Crippen molar-refractivity contribution in [1.29, 1.82) is 0 Å². The molecule has 1 radical (unpaired) electrons. The van der Waals surface area contributed by atoms with E-state index in [-0.39, 0.29) is 0 Å². The van der Waals surface area contributed by atoms with E-state index in [0.29, 0.717) is 0 Å². The smallest absolute Gasteiger partial charge is 0.0340 e. The van der Waals surface area contributed by atoms with Crippen LogP contribution in [0.3, 0.4) is 0 Å². The van der Waals surface area contributed by atoms with Gasteiger partial charge in [0.25, 0.3) is 0 Å². The maximum atomic E-state index is 3.82. The van der Waals surface area contributed by atoms with Crippen LogP contribution in [-0.4, -0.2) is 6.54 Å². The van der Waals surface area contributed by atoms with Crippen LogP contribution in [-0.2, 0) is 0 Å². The minimum absolute atomic E-state index is 1.06. The Bertz CT molecular complexity index is 206. The van der Waals surface area contributed by atoms with Crippen molar-refractivity contribution in [2.24, 2.45) is 0 Å². The lowest BCUT2D eigenvalue weighted by Gasteiger charge is -2.04. The molecule has 0 heterocycles. The quantitative estimate of drug-likeness (QED) is 0.654. The molecule has 71 valence electrons. The van der Waals surface area contributed by atoms with Crippen molar-refractivity contribution in [3.63, 3.8) is 0 Å². The Morgan fingerprint density at radius 3 is 2.46 bits per heavy atom. The first-order valence-electron chi connectivity index (χ1n) is 5.01. The van der Waals surface area contributed by atoms with Crippen LogP contribution in [0, 0.1) is 6.92 Å². The van der Waals surface area contributed by atoms with Gasteiger partial charge in [-0.1, -0.05) is 44.4 Å². The van der Waals surface area contributed by atoms with Crippen molar-refractivity contribution in [1.82, 2.24) is 0 Å². The zero-order chi connectivity index (χ0) is 9.36. The van der Waals surface area contributed by atoms with Crippen molar-refractivity contribution in [3.05, 3.63) is 37.3 Å². The normalized spacial score (nSPS) is 9.92. The van der Waals surface area contributed by atoms with Crippen LogP contribution in [0.5, 0.6) is 0 Å². The van der Waals surface area contributed by atoms with Gasteiger partial charge in [0.1, 0.15) is 0 Å². The van der Waals surface area contributed by atoms with E-state index in [9.17, 15) is 0 Å². The third-order valence-electron chi connectivity index (χ3n) is 2.03. The standard InChI is InChI=1S/C12H18N/c1-2-3-4-8-11-13-12-9-6-5-7-10-12/h5-7,9-10,13H,1-4,8,11H2. The predicted molar refractivity (Wildman–Crippen MR) is 58.8 cm³/mol. The maximum absolute atomic E-state index is 3.82. The highest BCUT2D eigenvalue weighted by Gasteiger charge is 1.89.